The first-order valence-electron chi connectivity index (χ1n) is 8.25. The van der Waals surface area contributed by atoms with Crippen LogP contribution in [0.5, 0.6) is 0 Å². The summed E-state index contributed by atoms with van der Waals surface area (Å²) in [7, 11) is 0. The van der Waals surface area contributed by atoms with Gasteiger partial charge in [-0.1, -0.05) is 33.3 Å². The van der Waals surface area contributed by atoms with Gasteiger partial charge in [0.2, 0.25) is 5.91 Å². The number of nitrogens with zero attached hydrogens (tertiary/aromatic N) is 1. The van der Waals surface area contributed by atoms with Crippen molar-refractivity contribution >= 4 is 5.91 Å². The molecule has 0 radical (unpaired) electrons. The van der Waals surface area contributed by atoms with E-state index in [2.05, 4.69) is 31.1 Å². The van der Waals surface area contributed by atoms with Gasteiger partial charge in [-0.15, -0.1) is 0 Å². The molecule has 116 valence electrons. The fraction of sp³-hybridized carbons (Fsp3) is 0.667. The van der Waals surface area contributed by atoms with Crippen LogP contribution in [0.1, 0.15) is 45.7 Å². The summed E-state index contributed by atoms with van der Waals surface area (Å²) >= 11 is 0. The molecule has 1 saturated carbocycles. The third kappa shape index (κ3) is 4.55. The van der Waals surface area contributed by atoms with Gasteiger partial charge in [-0.25, -0.2) is 0 Å². The van der Waals surface area contributed by atoms with Crippen molar-refractivity contribution in [1.82, 2.24) is 10.3 Å². The largest absolute Gasteiger partial charge is 0.355 e. The van der Waals surface area contributed by atoms with Gasteiger partial charge in [-0.05, 0) is 42.7 Å². The molecule has 1 aromatic rings. The van der Waals surface area contributed by atoms with Crippen molar-refractivity contribution in [1.29, 1.82) is 0 Å². The molecule has 1 heterocycles. The molecule has 0 bridgehead atoms. The fourth-order valence-electron chi connectivity index (χ4n) is 3.49. The van der Waals surface area contributed by atoms with E-state index >= 15 is 0 Å². The van der Waals surface area contributed by atoms with Crippen LogP contribution in [0.25, 0.3) is 0 Å². The number of amides is 1. The minimum absolute atomic E-state index is 0.192. The van der Waals surface area contributed by atoms with Crippen LogP contribution in [-0.4, -0.2) is 17.4 Å². The van der Waals surface area contributed by atoms with E-state index in [1.807, 2.05) is 18.2 Å². The second-order valence-corrected chi connectivity index (χ2v) is 6.79. The zero-order valence-electron chi connectivity index (χ0n) is 13.5. The number of rotatable bonds is 5. The van der Waals surface area contributed by atoms with Gasteiger partial charge < -0.3 is 5.32 Å². The van der Waals surface area contributed by atoms with Crippen molar-refractivity contribution in [3.8, 4) is 0 Å². The number of hydrogen-bond donors (Lipinski definition) is 1. The lowest BCUT2D eigenvalue weighted by molar-refractivity contribution is -0.129. The normalized spacial score (nSPS) is 25.8. The minimum atomic E-state index is 0.192. The molecule has 0 aliphatic heterocycles. The van der Waals surface area contributed by atoms with E-state index in [1.165, 1.54) is 12.8 Å². The van der Waals surface area contributed by atoms with Gasteiger partial charge in [0, 0.05) is 30.8 Å². The Labute approximate surface area is 128 Å². The van der Waals surface area contributed by atoms with E-state index in [4.69, 9.17) is 0 Å². The van der Waals surface area contributed by atoms with Gasteiger partial charge in [-0.3, -0.25) is 9.78 Å². The van der Waals surface area contributed by atoms with Crippen LogP contribution in [0.4, 0.5) is 0 Å². The highest BCUT2D eigenvalue weighted by molar-refractivity contribution is 5.79. The average molecular weight is 288 g/mol. The summed E-state index contributed by atoms with van der Waals surface area (Å²) < 4.78 is 0. The van der Waals surface area contributed by atoms with Crippen molar-refractivity contribution in [2.75, 3.05) is 6.54 Å². The molecule has 1 amide bonds. The quantitative estimate of drug-likeness (QED) is 0.901. The molecule has 1 N–H and O–H groups in total. The Morgan fingerprint density at radius 1 is 1.38 bits per heavy atom. The Kier molecular flexibility index (Phi) is 5.77. The molecular weight excluding hydrogens is 260 g/mol. The summed E-state index contributed by atoms with van der Waals surface area (Å²) in [5, 5.41) is 3.13. The average Bonchev–Trinajstić information content (AvgIpc) is 2.47. The first-order valence-corrected chi connectivity index (χ1v) is 8.25. The van der Waals surface area contributed by atoms with Crippen molar-refractivity contribution in [2.45, 2.75) is 46.5 Å². The van der Waals surface area contributed by atoms with Crippen LogP contribution >= 0.6 is 0 Å². The van der Waals surface area contributed by atoms with Crippen molar-refractivity contribution in [3.63, 3.8) is 0 Å². The lowest BCUT2D eigenvalue weighted by Crippen LogP contribution is -2.40. The van der Waals surface area contributed by atoms with Crippen LogP contribution in [0.3, 0.4) is 0 Å². The molecule has 3 heteroatoms. The maximum Gasteiger partial charge on any atom is 0.223 e. The predicted molar refractivity (Wildman–Crippen MR) is 85.8 cm³/mol. The molecule has 0 aromatic carbocycles. The van der Waals surface area contributed by atoms with Gasteiger partial charge in [0.25, 0.3) is 0 Å². The molecule has 1 aliphatic carbocycles. The lowest BCUT2D eigenvalue weighted by Gasteiger charge is -2.36. The predicted octanol–water partition coefficient (Wildman–Crippen LogP) is 3.45. The van der Waals surface area contributed by atoms with Gasteiger partial charge in [0.1, 0.15) is 0 Å². The summed E-state index contributed by atoms with van der Waals surface area (Å²) in [6.45, 7) is 7.44. The Morgan fingerprint density at radius 3 is 2.86 bits per heavy atom. The number of pyridine rings is 1. The monoisotopic (exact) mass is 288 g/mol. The zero-order chi connectivity index (χ0) is 15.2. The maximum atomic E-state index is 12.5. The van der Waals surface area contributed by atoms with E-state index in [1.54, 1.807) is 6.20 Å². The Balaban J connectivity index is 1.85. The molecule has 0 spiro atoms. The van der Waals surface area contributed by atoms with Gasteiger partial charge in [-0.2, -0.15) is 0 Å². The summed E-state index contributed by atoms with van der Waals surface area (Å²) in [6.07, 6.45) is 6.10. The van der Waals surface area contributed by atoms with Crippen LogP contribution in [0.15, 0.2) is 24.4 Å². The first kappa shape index (κ1) is 16.0. The van der Waals surface area contributed by atoms with Gasteiger partial charge >= 0.3 is 0 Å². The second-order valence-electron chi connectivity index (χ2n) is 6.79. The lowest BCUT2D eigenvalue weighted by atomic mass is 9.70. The van der Waals surface area contributed by atoms with E-state index in [0.29, 0.717) is 24.3 Å². The molecule has 1 aromatic heterocycles. The highest BCUT2D eigenvalue weighted by atomic mass is 16.1. The van der Waals surface area contributed by atoms with Crippen LogP contribution in [0.2, 0.25) is 0 Å². The summed E-state index contributed by atoms with van der Waals surface area (Å²) in [6, 6.07) is 5.91. The topological polar surface area (TPSA) is 42.0 Å². The van der Waals surface area contributed by atoms with Gasteiger partial charge in [0.05, 0.1) is 0 Å². The fourth-order valence-corrected chi connectivity index (χ4v) is 3.49. The number of carbonyl (C=O) groups is 1. The van der Waals surface area contributed by atoms with Crippen molar-refractivity contribution < 1.29 is 4.79 Å². The Bertz CT molecular complexity index is 444. The summed E-state index contributed by atoms with van der Waals surface area (Å²) in [4.78, 5) is 16.8. The van der Waals surface area contributed by atoms with Crippen LogP contribution in [-0.2, 0) is 11.2 Å². The SMILES string of the molecule is CC(C)[C@@H]1CC[C@H](C)C[C@H]1C(=O)NCCc1ccccn1. The molecule has 0 unspecified atom stereocenters. The number of carbonyl (C=O) groups excluding carboxylic acids is 1. The standard InChI is InChI=1S/C18H28N2O/c1-13(2)16-8-7-14(3)12-17(16)18(21)20-11-9-15-6-4-5-10-19-15/h4-6,10,13-14,16-17H,7-9,11-12H2,1-3H3,(H,20,21)/t14-,16-,17+/m0/s1. The summed E-state index contributed by atoms with van der Waals surface area (Å²) in [5.74, 6) is 2.24. The van der Waals surface area contributed by atoms with Crippen LogP contribution in [0, 0.1) is 23.7 Å². The van der Waals surface area contributed by atoms with Crippen molar-refractivity contribution in [3.05, 3.63) is 30.1 Å². The number of aromatic nitrogens is 1. The molecule has 3 atom stereocenters. The van der Waals surface area contributed by atoms with Gasteiger partial charge in [0.15, 0.2) is 0 Å². The first-order chi connectivity index (χ1) is 10.1. The number of hydrogen-bond acceptors (Lipinski definition) is 2. The highest BCUT2D eigenvalue weighted by Crippen LogP contribution is 2.37. The molecule has 3 nitrogen and oxygen atoms in total. The zero-order valence-corrected chi connectivity index (χ0v) is 13.5. The smallest absolute Gasteiger partial charge is 0.223 e. The minimum Gasteiger partial charge on any atom is -0.355 e. The number of nitrogens with one attached hydrogen (secondary N) is 1. The third-order valence-electron chi connectivity index (χ3n) is 4.77. The third-order valence-corrected chi connectivity index (χ3v) is 4.77. The second kappa shape index (κ2) is 7.58. The van der Waals surface area contributed by atoms with Crippen molar-refractivity contribution in [2.24, 2.45) is 23.7 Å². The highest BCUT2D eigenvalue weighted by Gasteiger charge is 2.35. The van der Waals surface area contributed by atoms with E-state index in [-0.39, 0.29) is 11.8 Å². The maximum absolute atomic E-state index is 12.5. The summed E-state index contributed by atoms with van der Waals surface area (Å²) in [5.41, 5.74) is 1.04. The molecular formula is C18H28N2O. The van der Waals surface area contributed by atoms with E-state index < -0.39 is 0 Å². The molecule has 2 rings (SSSR count). The molecule has 0 saturated heterocycles. The van der Waals surface area contributed by atoms with E-state index in [9.17, 15) is 4.79 Å². The van der Waals surface area contributed by atoms with Crippen LogP contribution < -0.4 is 5.32 Å². The molecule has 1 aliphatic rings. The molecule has 21 heavy (non-hydrogen) atoms. The Hall–Kier alpha value is -1.38. The molecule has 1 fully saturated rings. The Morgan fingerprint density at radius 2 is 2.19 bits per heavy atom. The van der Waals surface area contributed by atoms with E-state index in [0.717, 1.165) is 18.5 Å².